The first kappa shape index (κ1) is 9.47. The first-order chi connectivity index (χ1) is 4.04. The SMILES string of the molecule is CNC(Cl)C(C)(C)C[SiH3]. The third-order valence-corrected chi connectivity index (χ3v) is 4.48. The van der Waals surface area contributed by atoms with Crippen molar-refractivity contribution in [2.75, 3.05) is 7.05 Å². The molecule has 9 heavy (non-hydrogen) atoms. The predicted molar refractivity (Wildman–Crippen MR) is 47.2 cm³/mol. The average molecular weight is 166 g/mol. The van der Waals surface area contributed by atoms with Crippen LogP contribution in [-0.2, 0) is 0 Å². The topological polar surface area (TPSA) is 12.0 Å². The predicted octanol–water partition coefficient (Wildman–Crippen LogP) is 0.581. The van der Waals surface area contributed by atoms with Crippen LogP contribution in [0.15, 0.2) is 0 Å². The van der Waals surface area contributed by atoms with Gasteiger partial charge in [0.1, 0.15) is 0 Å². The highest BCUT2D eigenvalue weighted by atomic mass is 35.5. The molecule has 1 N–H and O–H groups in total. The Bertz CT molecular complexity index is 85.1. The normalized spacial score (nSPS) is 16.0. The molecule has 0 aliphatic heterocycles. The highest BCUT2D eigenvalue weighted by Gasteiger charge is 2.23. The fraction of sp³-hybridized carbons (Fsp3) is 1.00. The maximum absolute atomic E-state index is 5.97. The molecule has 0 amide bonds. The van der Waals surface area contributed by atoms with Gasteiger partial charge in [0.15, 0.2) is 0 Å². The van der Waals surface area contributed by atoms with Gasteiger partial charge in [0.2, 0.25) is 0 Å². The van der Waals surface area contributed by atoms with Gasteiger partial charge in [-0.1, -0.05) is 19.9 Å². The molecule has 0 heterocycles. The summed E-state index contributed by atoms with van der Waals surface area (Å²) in [5.41, 5.74) is 0.387. The van der Waals surface area contributed by atoms with Crippen molar-refractivity contribution < 1.29 is 0 Å². The van der Waals surface area contributed by atoms with Crippen molar-refractivity contribution in [3.05, 3.63) is 0 Å². The first-order valence-corrected chi connectivity index (χ1v) is 5.21. The molecule has 0 aromatic rings. The van der Waals surface area contributed by atoms with E-state index >= 15 is 0 Å². The highest BCUT2D eigenvalue weighted by Crippen LogP contribution is 2.26. The second-order valence-corrected chi connectivity index (χ2v) is 4.14. The zero-order valence-electron chi connectivity index (χ0n) is 6.66. The second kappa shape index (κ2) is 3.59. The summed E-state index contributed by atoms with van der Waals surface area (Å²) < 4.78 is 0. The molecule has 0 fully saturated rings. The van der Waals surface area contributed by atoms with Crippen molar-refractivity contribution in [2.24, 2.45) is 5.41 Å². The Hall–Kier alpha value is 0.467. The van der Waals surface area contributed by atoms with Crippen LogP contribution in [0.1, 0.15) is 13.8 Å². The van der Waals surface area contributed by atoms with Crippen LogP contribution < -0.4 is 5.32 Å². The number of nitrogens with one attached hydrogen (secondary N) is 1. The second-order valence-electron chi connectivity index (χ2n) is 2.99. The Morgan fingerprint density at radius 1 is 1.67 bits per heavy atom. The molecule has 1 atom stereocenters. The van der Waals surface area contributed by atoms with Gasteiger partial charge in [-0.15, -0.1) is 11.6 Å². The van der Waals surface area contributed by atoms with Gasteiger partial charge in [-0.25, -0.2) is 0 Å². The van der Waals surface area contributed by atoms with Crippen molar-refractivity contribution in [2.45, 2.75) is 25.4 Å². The van der Waals surface area contributed by atoms with Crippen molar-refractivity contribution in [1.29, 1.82) is 0 Å². The first-order valence-electron chi connectivity index (χ1n) is 3.36. The lowest BCUT2D eigenvalue weighted by Crippen LogP contribution is -2.34. The summed E-state index contributed by atoms with van der Waals surface area (Å²) in [6.45, 7) is 4.38. The number of halogens is 1. The van der Waals surface area contributed by atoms with Crippen LogP contribution in [0.4, 0.5) is 0 Å². The molecule has 3 heteroatoms. The molecule has 0 saturated carbocycles. The molecule has 0 aliphatic carbocycles. The van der Waals surface area contributed by atoms with Crippen molar-refractivity contribution >= 4 is 21.8 Å². The van der Waals surface area contributed by atoms with Crippen LogP contribution >= 0.6 is 11.6 Å². The number of hydrogen-bond acceptors (Lipinski definition) is 1. The molecule has 0 aromatic carbocycles. The van der Waals surface area contributed by atoms with Gasteiger partial charge < -0.3 is 5.32 Å². The van der Waals surface area contributed by atoms with E-state index in [2.05, 4.69) is 19.2 Å². The molecule has 0 bridgehead atoms. The van der Waals surface area contributed by atoms with E-state index in [0.29, 0.717) is 0 Å². The molecule has 0 aliphatic rings. The van der Waals surface area contributed by atoms with Crippen LogP contribution in [-0.4, -0.2) is 22.8 Å². The van der Waals surface area contributed by atoms with Gasteiger partial charge in [-0.2, -0.15) is 0 Å². The Kier molecular flexibility index (Phi) is 3.78. The van der Waals surface area contributed by atoms with E-state index in [0.717, 1.165) is 0 Å². The molecule has 1 nitrogen and oxygen atoms in total. The minimum atomic E-state index is 0.120. The number of rotatable bonds is 3. The van der Waals surface area contributed by atoms with Crippen LogP contribution in [0.3, 0.4) is 0 Å². The molecule has 0 spiro atoms. The molecular formula is C6H16ClNSi. The van der Waals surface area contributed by atoms with E-state index in [1.54, 1.807) is 0 Å². The molecule has 0 rings (SSSR count). The number of hydrogen-bond donors (Lipinski definition) is 1. The molecule has 56 valence electrons. The van der Waals surface area contributed by atoms with Gasteiger partial charge in [-0.05, 0) is 12.5 Å². The van der Waals surface area contributed by atoms with Crippen molar-refractivity contribution in [3.8, 4) is 0 Å². The minimum Gasteiger partial charge on any atom is -0.304 e. The van der Waals surface area contributed by atoms with E-state index in [1.165, 1.54) is 16.3 Å². The molecule has 0 aromatic heterocycles. The van der Waals surface area contributed by atoms with Crippen LogP contribution in [0, 0.1) is 5.41 Å². The van der Waals surface area contributed by atoms with Crippen molar-refractivity contribution in [3.63, 3.8) is 0 Å². The molecular weight excluding hydrogens is 150 g/mol. The van der Waals surface area contributed by atoms with Gasteiger partial charge in [0.05, 0.1) is 5.50 Å². The maximum Gasteiger partial charge on any atom is 0.0871 e. The summed E-state index contributed by atoms with van der Waals surface area (Å²) in [6.07, 6.45) is 0. The maximum atomic E-state index is 5.97. The molecule has 0 radical (unpaired) electrons. The van der Waals surface area contributed by atoms with Gasteiger partial charge in [0, 0.05) is 10.2 Å². The van der Waals surface area contributed by atoms with E-state index in [4.69, 9.17) is 11.6 Å². The Morgan fingerprint density at radius 3 is 2.22 bits per heavy atom. The lowest BCUT2D eigenvalue weighted by molar-refractivity contribution is 0.359. The smallest absolute Gasteiger partial charge is 0.0871 e. The third-order valence-electron chi connectivity index (χ3n) is 1.85. The monoisotopic (exact) mass is 165 g/mol. The third kappa shape index (κ3) is 2.69. The molecule has 0 saturated heterocycles. The zero-order chi connectivity index (χ0) is 7.49. The lowest BCUT2D eigenvalue weighted by Gasteiger charge is -2.27. The quantitative estimate of drug-likeness (QED) is 0.367. The lowest BCUT2D eigenvalue weighted by atomic mass is 9.96. The van der Waals surface area contributed by atoms with Gasteiger partial charge >= 0.3 is 0 Å². The summed E-state index contributed by atoms with van der Waals surface area (Å²) in [7, 11) is 3.12. The highest BCUT2D eigenvalue weighted by molar-refractivity contribution is 6.21. The minimum absolute atomic E-state index is 0.120. The summed E-state index contributed by atoms with van der Waals surface area (Å²) in [6, 6.07) is 1.24. The summed E-state index contributed by atoms with van der Waals surface area (Å²) in [5, 5.41) is 3.04. The Morgan fingerprint density at radius 2 is 2.11 bits per heavy atom. The molecule has 1 unspecified atom stereocenters. The summed E-state index contributed by atoms with van der Waals surface area (Å²) >= 11 is 5.97. The number of alkyl halides is 1. The average Bonchev–Trinajstić information content (AvgIpc) is 1.86. The fourth-order valence-electron chi connectivity index (χ4n) is 0.570. The Balaban J connectivity index is 3.80. The Labute approximate surface area is 65.6 Å². The van der Waals surface area contributed by atoms with E-state index < -0.39 is 0 Å². The van der Waals surface area contributed by atoms with E-state index in [-0.39, 0.29) is 10.9 Å². The van der Waals surface area contributed by atoms with E-state index in [1.807, 2.05) is 7.05 Å². The van der Waals surface area contributed by atoms with Crippen LogP contribution in [0.25, 0.3) is 0 Å². The standard InChI is InChI=1S/C6H16ClNSi/c1-6(2,4-9)5(7)8-3/h5,8H,4H2,1-3,9H3. The van der Waals surface area contributed by atoms with E-state index in [9.17, 15) is 0 Å². The van der Waals surface area contributed by atoms with Gasteiger partial charge in [0.25, 0.3) is 0 Å². The largest absolute Gasteiger partial charge is 0.304 e. The van der Waals surface area contributed by atoms with Gasteiger partial charge in [-0.3, -0.25) is 0 Å². The van der Waals surface area contributed by atoms with Crippen LogP contribution in [0.2, 0.25) is 6.04 Å². The zero-order valence-corrected chi connectivity index (χ0v) is 9.42. The summed E-state index contributed by atoms with van der Waals surface area (Å²) in [5.74, 6) is 0. The fourth-order valence-corrected chi connectivity index (χ4v) is 1.39. The van der Waals surface area contributed by atoms with Crippen LogP contribution in [0.5, 0.6) is 0 Å². The summed E-state index contributed by atoms with van der Waals surface area (Å²) in [4.78, 5) is 0. The van der Waals surface area contributed by atoms with Crippen molar-refractivity contribution in [1.82, 2.24) is 5.32 Å².